The standard InChI is InChI=1S/C14H21FN2.ClH/c1-11-3-4-13(15)9-12(11)10-17(2)14-5-7-16-8-6-14;/h3-4,9,14,16H,5-8,10H2,1-2H3;1H. The van der Waals surface area contributed by atoms with Crippen LogP contribution in [0.1, 0.15) is 24.0 Å². The molecule has 0 spiro atoms. The molecule has 1 N–H and O–H groups in total. The monoisotopic (exact) mass is 272 g/mol. The fourth-order valence-electron chi connectivity index (χ4n) is 2.46. The van der Waals surface area contributed by atoms with Crippen molar-refractivity contribution in [3.63, 3.8) is 0 Å². The first kappa shape index (κ1) is 15.4. The lowest BCUT2D eigenvalue weighted by Crippen LogP contribution is -2.40. The molecule has 1 fully saturated rings. The highest BCUT2D eigenvalue weighted by atomic mass is 35.5. The molecule has 0 aliphatic carbocycles. The van der Waals surface area contributed by atoms with Crippen molar-refractivity contribution in [2.45, 2.75) is 32.4 Å². The fourth-order valence-corrected chi connectivity index (χ4v) is 2.46. The maximum Gasteiger partial charge on any atom is 0.123 e. The second kappa shape index (κ2) is 7.07. The Hall–Kier alpha value is -0.640. The van der Waals surface area contributed by atoms with Gasteiger partial charge in [-0.05, 0) is 63.2 Å². The number of nitrogens with zero attached hydrogens (tertiary/aromatic N) is 1. The summed E-state index contributed by atoms with van der Waals surface area (Å²) in [6.07, 6.45) is 2.37. The second-order valence-electron chi connectivity index (χ2n) is 4.97. The van der Waals surface area contributed by atoms with Crippen LogP contribution >= 0.6 is 12.4 Å². The summed E-state index contributed by atoms with van der Waals surface area (Å²) in [5, 5.41) is 3.37. The van der Waals surface area contributed by atoms with Crippen molar-refractivity contribution in [2.75, 3.05) is 20.1 Å². The smallest absolute Gasteiger partial charge is 0.123 e. The van der Waals surface area contributed by atoms with Crippen molar-refractivity contribution in [2.24, 2.45) is 0 Å². The third-order valence-corrected chi connectivity index (χ3v) is 3.66. The van der Waals surface area contributed by atoms with Crippen molar-refractivity contribution < 1.29 is 4.39 Å². The number of piperidine rings is 1. The van der Waals surface area contributed by atoms with E-state index in [0.29, 0.717) is 6.04 Å². The Morgan fingerprint density at radius 2 is 2.00 bits per heavy atom. The molecule has 1 heterocycles. The zero-order valence-electron chi connectivity index (χ0n) is 11.1. The Balaban J connectivity index is 0.00000162. The van der Waals surface area contributed by atoms with Crippen molar-refractivity contribution in [3.8, 4) is 0 Å². The lowest BCUT2D eigenvalue weighted by Gasteiger charge is -2.32. The van der Waals surface area contributed by atoms with Gasteiger partial charge in [0.1, 0.15) is 5.82 Å². The van der Waals surface area contributed by atoms with Gasteiger partial charge in [-0.15, -0.1) is 12.4 Å². The average molecular weight is 273 g/mol. The van der Waals surface area contributed by atoms with E-state index in [1.54, 1.807) is 6.07 Å². The first-order valence-electron chi connectivity index (χ1n) is 6.33. The van der Waals surface area contributed by atoms with Crippen molar-refractivity contribution in [1.82, 2.24) is 10.2 Å². The Morgan fingerprint density at radius 1 is 1.33 bits per heavy atom. The summed E-state index contributed by atoms with van der Waals surface area (Å²) in [5.74, 6) is -0.135. The summed E-state index contributed by atoms with van der Waals surface area (Å²) in [7, 11) is 2.14. The van der Waals surface area contributed by atoms with Crippen LogP contribution in [-0.2, 0) is 6.54 Å². The van der Waals surface area contributed by atoms with Gasteiger partial charge in [0.15, 0.2) is 0 Å². The zero-order chi connectivity index (χ0) is 12.3. The summed E-state index contributed by atoms with van der Waals surface area (Å²) in [5.41, 5.74) is 2.28. The molecule has 18 heavy (non-hydrogen) atoms. The predicted octanol–water partition coefficient (Wildman–Crippen LogP) is 2.74. The minimum absolute atomic E-state index is 0. The predicted molar refractivity (Wildman–Crippen MR) is 75.7 cm³/mol. The Kier molecular flexibility index (Phi) is 6.06. The number of hydrogen-bond donors (Lipinski definition) is 1. The quantitative estimate of drug-likeness (QED) is 0.910. The fraction of sp³-hybridized carbons (Fsp3) is 0.571. The van der Waals surface area contributed by atoms with Gasteiger partial charge in [-0.25, -0.2) is 4.39 Å². The van der Waals surface area contributed by atoms with Gasteiger partial charge in [0.25, 0.3) is 0 Å². The summed E-state index contributed by atoms with van der Waals surface area (Å²) in [6.45, 7) is 5.08. The number of nitrogens with one attached hydrogen (secondary N) is 1. The third kappa shape index (κ3) is 3.94. The first-order chi connectivity index (χ1) is 8.16. The van der Waals surface area contributed by atoms with Crippen molar-refractivity contribution in [1.29, 1.82) is 0 Å². The van der Waals surface area contributed by atoms with Crippen LogP contribution in [0.15, 0.2) is 18.2 Å². The van der Waals surface area contributed by atoms with Crippen LogP contribution in [0.25, 0.3) is 0 Å². The largest absolute Gasteiger partial charge is 0.317 e. The summed E-state index contributed by atoms with van der Waals surface area (Å²) in [4.78, 5) is 2.35. The highest BCUT2D eigenvalue weighted by molar-refractivity contribution is 5.85. The zero-order valence-corrected chi connectivity index (χ0v) is 11.9. The number of rotatable bonds is 3. The molecular formula is C14H22ClFN2. The molecule has 0 aromatic heterocycles. The van der Waals surface area contributed by atoms with Gasteiger partial charge < -0.3 is 5.32 Å². The van der Waals surface area contributed by atoms with Crippen LogP contribution in [0, 0.1) is 12.7 Å². The Morgan fingerprint density at radius 3 is 2.67 bits per heavy atom. The number of benzene rings is 1. The van der Waals surface area contributed by atoms with Gasteiger partial charge in [-0.2, -0.15) is 0 Å². The molecular weight excluding hydrogens is 251 g/mol. The van der Waals surface area contributed by atoms with Gasteiger partial charge in [-0.3, -0.25) is 4.90 Å². The van der Waals surface area contributed by atoms with E-state index in [2.05, 4.69) is 17.3 Å². The Labute approximate surface area is 115 Å². The van der Waals surface area contributed by atoms with Crippen LogP contribution < -0.4 is 5.32 Å². The van der Waals surface area contributed by atoms with E-state index in [1.165, 1.54) is 24.5 Å². The SMILES string of the molecule is Cc1ccc(F)cc1CN(C)C1CCNCC1.Cl. The van der Waals surface area contributed by atoms with Crippen LogP contribution in [0.4, 0.5) is 4.39 Å². The van der Waals surface area contributed by atoms with Gasteiger partial charge in [0.2, 0.25) is 0 Å². The lowest BCUT2D eigenvalue weighted by molar-refractivity contribution is 0.191. The molecule has 0 radical (unpaired) electrons. The molecule has 2 rings (SSSR count). The average Bonchev–Trinajstić information content (AvgIpc) is 2.35. The minimum atomic E-state index is -0.135. The molecule has 1 saturated heterocycles. The summed E-state index contributed by atoms with van der Waals surface area (Å²) in [6, 6.07) is 5.68. The van der Waals surface area contributed by atoms with E-state index in [0.717, 1.165) is 25.2 Å². The maximum absolute atomic E-state index is 13.2. The van der Waals surface area contributed by atoms with E-state index < -0.39 is 0 Å². The van der Waals surface area contributed by atoms with E-state index >= 15 is 0 Å². The van der Waals surface area contributed by atoms with Crippen LogP contribution in [0.2, 0.25) is 0 Å². The molecule has 1 aromatic carbocycles. The van der Waals surface area contributed by atoms with Gasteiger partial charge >= 0.3 is 0 Å². The molecule has 0 amide bonds. The molecule has 1 aromatic rings. The normalized spacial score (nSPS) is 16.7. The van der Waals surface area contributed by atoms with E-state index in [-0.39, 0.29) is 18.2 Å². The Bertz CT molecular complexity index is 378. The van der Waals surface area contributed by atoms with Crippen LogP contribution in [0.5, 0.6) is 0 Å². The molecule has 2 nitrogen and oxygen atoms in total. The topological polar surface area (TPSA) is 15.3 Å². The highest BCUT2D eigenvalue weighted by Gasteiger charge is 2.18. The number of hydrogen-bond acceptors (Lipinski definition) is 2. The molecule has 0 saturated carbocycles. The molecule has 0 unspecified atom stereocenters. The summed E-state index contributed by atoms with van der Waals surface area (Å²) >= 11 is 0. The van der Waals surface area contributed by atoms with E-state index in [4.69, 9.17) is 0 Å². The summed E-state index contributed by atoms with van der Waals surface area (Å²) < 4.78 is 13.2. The molecule has 1 aliphatic heterocycles. The first-order valence-corrected chi connectivity index (χ1v) is 6.33. The van der Waals surface area contributed by atoms with E-state index in [1.807, 2.05) is 13.0 Å². The minimum Gasteiger partial charge on any atom is -0.317 e. The second-order valence-corrected chi connectivity index (χ2v) is 4.97. The van der Waals surface area contributed by atoms with E-state index in [9.17, 15) is 4.39 Å². The van der Waals surface area contributed by atoms with Crippen molar-refractivity contribution >= 4 is 12.4 Å². The van der Waals surface area contributed by atoms with Crippen molar-refractivity contribution in [3.05, 3.63) is 35.1 Å². The molecule has 102 valence electrons. The van der Waals surface area contributed by atoms with Gasteiger partial charge in [-0.1, -0.05) is 6.07 Å². The third-order valence-electron chi connectivity index (χ3n) is 3.66. The highest BCUT2D eigenvalue weighted by Crippen LogP contribution is 2.17. The number of halogens is 2. The molecule has 1 aliphatic rings. The molecule has 0 atom stereocenters. The van der Waals surface area contributed by atoms with Crippen LogP contribution in [0.3, 0.4) is 0 Å². The molecule has 4 heteroatoms. The van der Waals surface area contributed by atoms with Gasteiger partial charge in [0, 0.05) is 12.6 Å². The lowest BCUT2D eigenvalue weighted by atomic mass is 10.0. The van der Waals surface area contributed by atoms with Gasteiger partial charge in [0.05, 0.1) is 0 Å². The maximum atomic E-state index is 13.2. The molecule has 0 bridgehead atoms. The van der Waals surface area contributed by atoms with Crippen LogP contribution in [-0.4, -0.2) is 31.1 Å². The number of aryl methyl sites for hydroxylation is 1.